The van der Waals surface area contributed by atoms with Crippen molar-refractivity contribution in [2.24, 2.45) is 5.41 Å². The molecule has 0 saturated heterocycles. The van der Waals surface area contributed by atoms with Gasteiger partial charge in [0.1, 0.15) is 0 Å². The molecule has 0 unspecified atom stereocenters. The van der Waals surface area contributed by atoms with Gasteiger partial charge in [0.25, 0.3) is 0 Å². The Bertz CT molecular complexity index is 742. The molecule has 0 aliphatic heterocycles. The van der Waals surface area contributed by atoms with Crippen molar-refractivity contribution in [3.05, 3.63) is 53.9 Å². The topological polar surface area (TPSA) is 63.7 Å². The lowest BCUT2D eigenvalue weighted by Gasteiger charge is -2.27. The number of para-hydroxylation sites is 1. The van der Waals surface area contributed by atoms with Gasteiger partial charge < -0.3 is 19.7 Å². The summed E-state index contributed by atoms with van der Waals surface area (Å²) in [6.45, 7) is 7.69. The third kappa shape index (κ3) is 6.16. The number of methoxy groups -OCH3 is 2. The minimum Gasteiger partial charge on any atom is -0.493 e. The van der Waals surface area contributed by atoms with Gasteiger partial charge in [-0.2, -0.15) is 0 Å². The maximum Gasteiger partial charge on any atom is 0.318 e. The monoisotopic (exact) mass is 371 g/mol. The number of hydrogen-bond donors (Lipinski definition) is 1. The van der Waals surface area contributed by atoms with Crippen LogP contribution in [0.25, 0.3) is 0 Å². The standard InChI is InChI=1S/C21H29N3O3/c1-21(2,3)15-23-20(25)24(13-16-8-7-11-22-12-16)14-17-9-6-10-18(26-4)19(17)27-5/h6-12H,13-15H2,1-5H3,(H,23,25). The summed E-state index contributed by atoms with van der Waals surface area (Å²) in [4.78, 5) is 18.8. The molecular weight excluding hydrogens is 342 g/mol. The Kier molecular flexibility index (Phi) is 7.05. The summed E-state index contributed by atoms with van der Waals surface area (Å²) >= 11 is 0. The van der Waals surface area contributed by atoms with Gasteiger partial charge in [-0.05, 0) is 23.1 Å². The highest BCUT2D eigenvalue weighted by molar-refractivity contribution is 5.74. The van der Waals surface area contributed by atoms with E-state index >= 15 is 0 Å². The number of carbonyl (C=O) groups excluding carboxylic acids is 1. The SMILES string of the molecule is COc1cccc(CN(Cc2cccnc2)C(=O)NCC(C)(C)C)c1OC. The first kappa shape index (κ1) is 20.6. The molecule has 2 amide bonds. The number of urea groups is 1. The molecule has 0 spiro atoms. The highest BCUT2D eigenvalue weighted by Crippen LogP contribution is 2.31. The first-order chi connectivity index (χ1) is 12.8. The van der Waals surface area contributed by atoms with E-state index in [1.165, 1.54) is 0 Å². The molecule has 2 aromatic rings. The highest BCUT2D eigenvalue weighted by atomic mass is 16.5. The summed E-state index contributed by atoms with van der Waals surface area (Å²) in [5, 5.41) is 3.02. The summed E-state index contributed by atoms with van der Waals surface area (Å²) in [5.41, 5.74) is 1.85. The molecular formula is C21H29N3O3. The molecule has 0 fully saturated rings. The normalized spacial score (nSPS) is 11.0. The number of aromatic nitrogens is 1. The number of nitrogens with zero attached hydrogens (tertiary/aromatic N) is 2. The van der Waals surface area contributed by atoms with Crippen molar-refractivity contribution >= 4 is 6.03 Å². The Hall–Kier alpha value is -2.76. The molecule has 0 radical (unpaired) electrons. The molecule has 0 saturated carbocycles. The molecule has 0 bridgehead atoms. The van der Waals surface area contributed by atoms with Gasteiger partial charge in [-0.25, -0.2) is 4.79 Å². The van der Waals surface area contributed by atoms with E-state index in [0.717, 1.165) is 11.1 Å². The van der Waals surface area contributed by atoms with Gasteiger partial charge in [-0.15, -0.1) is 0 Å². The second-order valence-corrected chi connectivity index (χ2v) is 7.59. The predicted molar refractivity (Wildman–Crippen MR) is 106 cm³/mol. The molecule has 6 heteroatoms. The van der Waals surface area contributed by atoms with E-state index in [-0.39, 0.29) is 11.4 Å². The quantitative estimate of drug-likeness (QED) is 0.803. The van der Waals surface area contributed by atoms with Crippen LogP contribution in [0.2, 0.25) is 0 Å². The van der Waals surface area contributed by atoms with Gasteiger partial charge in [0.05, 0.1) is 20.8 Å². The number of ether oxygens (including phenoxy) is 2. The van der Waals surface area contributed by atoms with Crippen LogP contribution in [0.15, 0.2) is 42.7 Å². The molecule has 146 valence electrons. The van der Waals surface area contributed by atoms with Gasteiger partial charge in [0, 0.05) is 31.0 Å². The van der Waals surface area contributed by atoms with Crippen LogP contribution >= 0.6 is 0 Å². The average Bonchev–Trinajstić information content (AvgIpc) is 2.65. The second-order valence-electron chi connectivity index (χ2n) is 7.59. The fourth-order valence-corrected chi connectivity index (χ4v) is 2.65. The van der Waals surface area contributed by atoms with Crippen molar-refractivity contribution in [2.75, 3.05) is 20.8 Å². The van der Waals surface area contributed by atoms with Crippen molar-refractivity contribution < 1.29 is 14.3 Å². The lowest BCUT2D eigenvalue weighted by atomic mass is 9.97. The van der Waals surface area contributed by atoms with E-state index in [1.54, 1.807) is 31.5 Å². The summed E-state index contributed by atoms with van der Waals surface area (Å²) in [6.07, 6.45) is 3.49. The predicted octanol–water partition coefficient (Wildman–Crippen LogP) is 3.86. The van der Waals surface area contributed by atoms with Gasteiger partial charge in [-0.3, -0.25) is 4.98 Å². The first-order valence-corrected chi connectivity index (χ1v) is 8.95. The number of pyridine rings is 1. The van der Waals surface area contributed by atoms with E-state index < -0.39 is 0 Å². The van der Waals surface area contributed by atoms with Crippen molar-refractivity contribution in [2.45, 2.75) is 33.9 Å². The molecule has 0 atom stereocenters. The molecule has 0 aliphatic carbocycles. The molecule has 1 N–H and O–H groups in total. The van der Waals surface area contributed by atoms with Crippen LogP contribution in [0.1, 0.15) is 31.9 Å². The van der Waals surface area contributed by atoms with Gasteiger partial charge in [0.2, 0.25) is 0 Å². The molecule has 1 heterocycles. The zero-order valence-electron chi connectivity index (χ0n) is 16.8. The summed E-state index contributed by atoms with van der Waals surface area (Å²) in [5.74, 6) is 1.28. The third-order valence-corrected chi connectivity index (χ3v) is 4.00. The van der Waals surface area contributed by atoms with Crippen LogP contribution in [-0.4, -0.2) is 36.7 Å². The zero-order chi connectivity index (χ0) is 19.9. The average molecular weight is 371 g/mol. The van der Waals surface area contributed by atoms with Gasteiger partial charge in [-0.1, -0.05) is 39.0 Å². The first-order valence-electron chi connectivity index (χ1n) is 8.95. The maximum absolute atomic E-state index is 12.9. The largest absolute Gasteiger partial charge is 0.493 e. The number of benzene rings is 1. The van der Waals surface area contributed by atoms with Crippen LogP contribution in [0.5, 0.6) is 11.5 Å². The zero-order valence-corrected chi connectivity index (χ0v) is 16.8. The molecule has 6 nitrogen and oxygen atoms in total. The van der Waals surface area contributed by atoms with Crippen LogP contribution < -0.4 is 14.8 Å². The summed E-state index contributed by atoms with van der Waals surface area (Å²) < 4.78 is 10.9. The molecule has 27 heavy (non-hydrogen) atoms. The van der Waals surface area contributed by atoms with E-state index in [1.807, 2.05) is 30.3 Å². The van der Waals surface area contributed by atoms with E-state index in [4.69, 9.17) is 9.47 Å². The maximum atomic E-state index is 12.9. The number of hydrogen-bond acceptors (Lipinski definition) is 4. The minimum atomic E-state index is -0.126. The fraction of sp³-hybridized carbons (Fsp3) is 0.429. The van der Waals surface area contributed by atoms with Crippen molar-refractivity contribution in [1.82, 2.24) is 15.2 Å². The Morgan fingerprint density at radius 2 is 1.89 bits per heavy atom. The lowest BCUT2D eigenvalue weighted by molar-refractivity contribution is 0.186. The number of amides is 2. The van der Waals surface area contributed by atoms with Gasteiger partial charge >= 0.3 is 6.03 Å². The summed E-state index contributed by atoms with van der Waals surface area (Å²) in [6, 6.07) is 9.37. The van der Waals surface area contributed by atoms with E-state index in [9.17, 15) is 4.79 Å². The molecule has 0 aliphatic rings. The number of nitrogens with one attached hydrogen (secondary N) is 1. The number of rotatable bonds is 7. The van der Waals surface area contributed by atoms with Crippen molar-refractivity contribution in [3.8, 4) is 11.5 Å². The Morgan fingerprint density at radius 1 is 1.11 bits per heavy atom. The third-order valence-electron chi connectivity index (χ3n) is 4.00. The van der Waals surface area contributed by atoms with Crippen LogP contribution in [-0.2, 0) is 13.1 Å². The van der Waals surface area contributed by atoms with Gasteiger partial charge in [0.15, 0.2) is 11.5 Å². The van der Waals surface area contributed by atoms with Crippen molar-refractivity contribution in [3.63, 3.8) is 0 Å². The molecule has 2 rings (SSSR count). The smallest absolute Gasteiger partial charge is 0.318 e. The molecule has 1 aromatic carbocycles. The Labute approximate surface area is 161 Å². The highest BCUT2D eigenvalue weighted by Gasteiger charge is 2.20. The second kappa shape index (κ2) is 9.26. The number of carbonyl (C=O) groups is 1. The van der Waals surface area contributed by atoms with E-state index in [2.05, 4.69) is 31.1 Å². The van der Waals surface area contributed by atoms with Crippen molar-refractivity contribution in [1.29, 1.82) is 0 Å². The van der Waals surface area contributed by atoms with Crippen LogP contribution in [0.3, 0.4) is 0 Å². The Balaban J connectivity index is 2.25. The fourth-order valence-electron chi connectivity index (χ4n) is 2.65. The lowest BCUT2D eigenvalue weighted by Crippen LogP contribution is -2.42. The summed E-state index contributed by atoms with van der Waals surface area (Å²) in [7, 11) is 3.21. The van der Waals surface area contributed by atoms with Crippen LogP contribution in [0, 0.1) is 5.41 Å². The molecule has 1 aromatic heterocycles. The van der Waals surface area contributed by atoms with Crippen LogP contribution in [0.4, 0.5) is 4.79 Å². The minimum absolute atomic E-state index is 0.00326. The Morgan fingerprint density at radius 3 is 2.48 bits per heavy atom. The van der Waals surface area contributed by atoms with E-state index in [0.29, 0.717) is 31.1 Å².